The van der Waals surface area contributed by atoms with Crippen LogP contribution in [0.2, 0.25) is 0 Å². The summed E-state index contributed by atoms with van der Waals surface area (Å²) < 4.78 is 30.6. The minimum absolute atomic E-state index is 0.0426. The van der Waals surface area contributed by atoms with Crippen LogP contribution in [0.5, 0.6) is 0 Å². The minimum Gasteiger partial charge on any atom is -0.349 e. The maximum atomic E-state index is 12.9. The molecule has 2 heterocycles. The highest BCUT2D eigenvalue weighted by atomic mass is 32.2. The molecule has 4 rings (SSSR count). The van der Waals surface area contributed by atoms with E-state index in [2.05, 4.69) is 9.62 Å². The summed E-state index contributed by atoms with van der Waals surface area (Å²) in [6, 6.07) is 7.46. The third-order valence-corrected chi connectivity index (χ3v) is 6.82. The lowest BCUT2D eigenvalue weighted by Gasteiger charge is -2.32. The first-order chi connectivity index (χ1) is 11.5. The van der Waals surface area contributed by atoms with Crippen LogP contribution in [0.4, 0.5) is 0 Å². The lowest BCUT2D eigenvalue weighted by Crippen LogP contribution is -2.45. The Morgan fingerprint density at radius 2 is 1.88 bits per heavy atom. The Morgan fingerprint density at radius 3 is 2.58 bits per heavy atom. The number of hydrogen-bond donors (Lipinski definition) is 1. The van der Waals surface area contributed by atoms with E-state index in [0.717, 1.165) is 42.8 Å². The van der Waals surface area contributed by atoms with Crippen molar-refractivity contribution in [3.63, 3.8) is 0 Å². The van der Waals surface area contributed by atoms with E-state index in [9.17, 15) is 8.42 Å². The molecule has 0 radical (unpaired) electrons. The second kappa shape index (κ2) is 6.17. The van der Waals surface area contributed by atoms with Gasteiger partial charge in [0.25, 0.3) is 0 Å². The van der Waals surface area contributed by atoms with Crippen molar-refractivity contribution in [2.75, 3.05) is 19.6 Å². The van der Waals surface area contributed by atoms with Crippen molar-refractivity contribution in [2.24, 2.45) is 13.0 Å². The van der Waals surface area contributed by atoms with E-state index in [0.29, 0.717) is 4.90 Å². The third kappa shape index (κ3) is 3.23. The number of piperidine rings is 1. The summed E-state index contributed by atoms with van der Waals surface area (Å²) in [5, 5.41) is 0.958. The summed E-state index contributed by atoms with van der Waals surface area (Å²) >= 11 is 0. The van der Waals surface area contributed by atoms with Crippen LogP contribution in [0.25, 0.3) is 10.9 Å². The molecule has 0 spiro atoms. The zero-order valence-corrected chi connectivity index (χ0v) is 14.9. The van der Waals surface area contributed by atoms with Gasteiger partial charge in [-0.2, -0.15) is 0 Å². The van der Waals surface area contributed by atoms with Crippen molar-refractivity contribution in [1.82, 2.24) is 14.2 Å². The fourth-order valence-electron chi connectivity index (χ4n) is 3.72. The highest BCUT2D eigenvalue weighted by Crippen LogP contribution is 2.31. The van der Waals surface area contributed by atoms with Crippen molar-refractivity contribution in [3.8, 4) is 0 Å². The van der Waals surface area contributed by atoms with Crippen LogP contribution in [0.3, 0.4) is 0 Å². The average Bonchev–Trinajstić information content (AvgIpc) is 3.30. The number of benzene rings is 1. The van der Waals surface area contributed by atoms with Crippen molar-refractivity contribution in [3.05, 3.63) is 30.5 Å². The fourth-order valence-corrected chi connectivity index (χ4v) is 5.29. The monoisotopic (exact) mass is 347 g/mol. The highest BCUT2D eigenvalue weighted by molar-refractivity contribution is 7.89. The van der Waals surface area contributed by atoms with Gasteiger partial charge in [-0.15, -0.1) is 0 Å². The van der Waals surface area contributed by atoms with E-state index in [1.807, 2.05) is 36.0 Å². The molecule has 0 unspecified atom stereocenters. The van der Waals surface area contributed by atoms with Gasteiger partial charge in [0, 0.05) is 31.2 Å². The molecule has 1 N–H and O–H groups in total. The molecule has 0 atom stereocenters. The number of sulfonamides is 1. The third-order valence-electron chi connectivity index (χ3n) is 5.27. The van der Waals surface area contributed by atoms with Crippen molar-refractivity contribution >= 4 is 20.9 Å². The lowest BCUT2D eigenvalue weighted by atomic mass is 10.1. The average molecular weight is 347 g/mol. The molecule has 1 saturated carbocycles. The molecular formula is C18H25N3O2S. The zero-order valence-electron chi connectivity index (χ0n) is 14.1. The minimum atomic E-state index is -3.50. The number of aryl methyl sites for hydroxylation is 1. The molecule has 1 aromatic heterocycles. The SMILES string of the molecule is Cn1ccc2cccc(S(=O)(=O)NC3CCN(CC4CC4)CC3)c21. The Balaban J connectivity index is 1.48. The Labute approximate surface area is 143 Å². The van der Waals surface area contributed by atoms with E-state index in [1.54, 1.807) is 6.07 Å². The first-order valence-corrected chi connectivity index (χ1v) is 10.3. The summed E-state index contributed by atoms with van der Waals surface area (Å²) in [6.45, 7) is 3.19. The summed E-state index contributed by atoms with van der Waals surface area (Å²) in [7, 11) is -1.61. The van der Waals surface area contributed by atoms with Gasteiger partial charge in [0.05, 0.1) is 5.52 Å². The van der Waals surface area contributed by atoms with Gasteiger partial charge in [0.2, 0.25) is 10.0 Å². The summed E-state index contributed by atoms with van der Waals surface area (Å²) in [4.78, 5) is 2.87. The number of para-hydroxylation sites is 1. The van der Waals surface area contributed by atoms with Crippen LogP contribution < -0.4 is 4.72 Å². The van der Waals surface area contributed by atoms with Gasteiger partial charge in [-0.3, -0.25) is 0 Å². The van der Waals surface area contributed by atoms with Gasteiger partial charge in [0.15, 0.2) is 0 Å². The van der Waals surface area contributed by atoms with Crippen molar-refractivity contribution < 1.29 is 8.42 Å². The Morgan fingerprint density at radius 1 is 1.12 bits per heavy atom. The van der Waals surface area contributed by atoms with Crippen LogP contribution in [0.1, 0.15) is 25.7 Å². The number of nitrogens with one attached hydrogen (secondary N) is 1. The van der Waals surface area contributed by atoms with E-state index in [-0.39, 0.29) is 6.04 Å². The van der Waals surface area contributed by atoms with Gasteiger partial charge in [-0.25, -0.2) is 13.1 Å². The van der Waals surface area contributed by atoms with Crippen molar-refractivity contribution in [2.45, 2.75) is 36.6 Å². The first-order valence-electron chi connectivity index (χ1n) is 8.82. The smallest absolute Gasteiger partial charge is 0.242 e. The van der Waals surface area contributed by atoms with Gasteiger partial charge < -0.3 is 9.47 Å². The van der Waals surface area contributed by atoms with Gasteiger partial charge >= 0.3 is 0 Å². The molecule has 5 nitrogen and oxygen atoms in total. The van der Waals surface area contributed by atoms with E-state index >= 15 is 0 Å². The van der Waals surface area contributed by atoms with Crippen LogP contribution in [-0.2, 0) is 17.1 Å². The molecule has 0 bridgehead atoms. The summed E-state index contributed by atoms with van der Waals surface area (Å²) in [5.41, 5.74) is 0.774. The maximum Gasteiger partial charge on any atom is 0.242 e. The Kier molecular flexibility index (Phi) is 4.14. The molecule has 2 aromatic rings. The fraction of sp³-hybridized carbons (Fsp3) is 0.556. The number of aromatic nitrogens is 1. The molecule has 1 aromatic carbocycles. The molecule has 2 fully saturated rings. The first kappa shape index (κ1) is 16.1. The normalized spacial score (nSPS) is 20.7. The predicted octanol–water partition coefficient (Wildman–Crippen LogP) is 2.33. The Bertz CT molecular complexity index is 831. The molecule has 6 heteroatoms. The molecule has 0 amide bonds. The molecule has 1 saturated heterocycles. The quantitative estimate of drug-likeness (QED) is 0.903. The standard InChI is InChI=1S/C18H25N3O2S/c1-20-10-7-15-3-2-4-17(18(15)20)24(22,23)19-16-8-11-21(12-9-16)13-14-5-6-14/h2-4,7,10,14,16,19H,5-6,8-9,11-13H2,1H3. The van der Waals surface area contributed by atoms with Crippen LogP contribution in [0, 0.1) is 5.92 Å². The largest absolute Gasteiger partial charge is 0.349 e. The summed E-state index contributed by atoms with van der Waals surface area (Å²) in [6.07, 6.45) is 6.44. The van der Waals surface area contributed by atoms with Crippen LogP contribution >= 0.6 is 0 Å². The van der Waals surface area contributed by atoms with Gasteiger partial charge in [0.1, 0.15) is 4.90 Å². The van der Waals surface area contributed by atoms with Crippen molar-refractivity contribution in [1.29, 1.82) is 0 Å². The number of likely N-dealkylation sites (tertiary alicyclic amines) is 1. The highest BCUT2D eigenvalue weighted by Gasteiger charge is 2.29. The van der Waals surface area contributed by atoms with E-state index in [1.165, 1.54) is 19.4 Å². The molecule has 1 aliphatic carbocycles. The predicted molar refractivity (Wildman–Crippen MR) is 95.4 cm³/mol. The molecule has 2 aliphatic rings. The topological polar surface area (TPSA) is 54.3 Å². The number of rotatable bonds is 5. The van der Waals surface area contributed by atoms with Gasteiger partial charge in [-0.1, -0.05) is 12.1 Å². The maximum absolute atomic E-state index is 12.9. The van der Waals surface area contributed by atoms with Crippen LogP contribution in [0.15, 0.2) is 35.4 Å². The second-order valence-corrected chi connectivity index (χ2v) is 8.94. The molecule has 130 valence electrons. The van der Waals surface area contributed by atoms with E-state index < -0.39 is 10.0 Å². The molecule has 24 heavy (non-hydrogen) atoms. The molecular weight excluding hydrogens is 322 g/mol. The number of fused-ring (bicyclic) bond motifs is 1. The number of nitrogens with zero attached hydrogens (tertiary/aromatic N) is 2. The number of hydrogen-bond acceptors (Lipinski definition) is 3. The second-order valence-electron chi connectivity index (χ2n) is 7.26. The van der Waals surface area contributed by atoms with Gasteiger partial charge in [-0.05, 0) is 56.8 Å². The Hall–Kier alpha value is -1.37. The molecule has 1 aliphatic heterocycles. The van der Waals surface area contributed by atoms with E-state index in [4.69, 9.17) is 0 Å². The zero-order chi connectivity index (χ0) is 16.7. The van der Waals surface area contributed by atoms with Crippen LogP contribution in [-0.4, -0.2) is 43.6 Å². The lowest BCUT2D eigenvalue weighted by molar-refractivity contribution is 0.200. The summed E-state index contributed by atoms with van der Waals surface area (Å²) in [5.74, 6) is 0.896.